The fourth-order valence-corrected chi connectivity index (χ4v) is 2.44. The number of hydrogen-bond acceptors (Lipinski definition) is 2. The lowest BCUT2D eigenvalue weighted by atomic mass is 9.74. The van der Waals surface area contributed by atoms with E-state index in [9.17, 15) is 0 Å². The molecule has 2 atom stereocenters. The molecule has 2 unspecified atom stereocenters. The normalized spacial score (nSPS) is 37.9. The van der Waals surface area contributed by atoms with Gasteiger partial charge in [-0.2, -0.15) is 0 Å². The van der Waals surface area contributed by atoms with E-state index in [1.54, 1.807) is 0 Å². The number of ether oxygens (including phenoxy) is 1. The first-order chi connectivity index (χ1) is 6.57. The van der Waals surface area contributed by atoms with E-state index >= 15 is 0 Å². The SMILES string of the molecule is CC1(C)CCC(N)C(OC2CCC2)C1. The number of rotatable bonds is 2. The molecule has 0 amide bonds. The molecular weight excluding hydrogens is 174 g/mol. The van der Waals surface area contributed by atoms with Crippen LogP contribution in [0.1, 0.15) is 52.4 Å². The summed E-state index contributed by atoms with van der Waals surface area (Å²) in [5.41, 5.74) is 6.54. The monoisotopic (exact) mass is 197 g/mol. The average Bonchev–Trinajstić information content (AvgIpc) is 2.03. The smallest absolute Gasteiger partial charge is 0.0734 e. The Kier molecular flexibility index (Phi) is 2.85. The lowest BCUT2D eigenvalue weighted by molar-refractivity contribution is -0.0906. The van der Waals surface area contributed by atoms with Crippen LogP contribution in [0.15, 0.2) is 0 Å². The predicted octanol–water partition coefficient (Wildman–Crippen LogP) is 2.46. The predicted molar refractivity (Wildman–Crippen MR) is 58.1 cm³/mol. The zero-order valence-corrected chi connectivity index (χ0v) is 9.46. The van der Waals surface area contributed by atoms with Crippen molar-refractivity contribution in [1.29, 1.82) is 0 Å². The van der Waals surface area contributed by atoms with E-state index in [1.165, 1.54) is 25.7 Å². The van der Waals surface area contributed by atoms with Crippen molar-refractivity contribution < 1.29 is 4.74 Å². The first-order valence-corrected chi connectivity index (χ1v) is 5.98. The van der Waals surface area contributed by atoms with E-state index in [2.05, 4.69) is 13.8 Å². The lowest BCUT2D eigenvalue weighted by Gasteiger charge is -2.42. The van der Waals surface area contributed by atoms with E-state index in [0.29, 0.717) is 17.6 Å². The van der Waals surface area contributed by atoms with Gasteiger partial charge in [-0.05, 0) is 43.9 Å². The van der Waals surface area contributed by atoms with Crippen molar-refractivity contribution in [3.05, 3.63) is 0 Å². The van der Waals surface area contributed by atoms with Crippen LogP contribution in [0.4, 0.5) is 0 Å². The maximum atomic E-state index is 6.10. The van der Waals surface area contributed by atoms with Gasteiger partial charge in [0.15, 0.2) is 0 Å². The molecule has 0 bridgehead atoms. The summed E-state index contributed by atoms with van der Waals surface area (Å²) in [6.45, 7) is 4.66. The Labute approximate surface area is 87.2 Å². The van der Waals surface area contributed by atoms with Crippen molar-refractivity contribution in [2.75, 3.05) is 0 Å². The summed E-state index contributed by atoms with van der Waals surface area (Å²) in [6, 6.07) is 0.281. The van der Waals surface area contributed by atoms with Gasteiger partial charge in [0.05, 0.1) is 12.2 Å². The standard InChI is InChI=1S/C12H23NO/c1-12(2)7-6-10(13)11(8-12)14-9-4-3-5-9/h9-11H,3-8,13H2,1-2H3. The molecule has 0 aromatic heterocycles. The molecule has 2 heteroatoms. The van der Waals surface area contributed by atoms with Crippen LogP contribution in [0, 0.1) is 5.41 Å². The second-order valence-electron chi connectivity index (χ2n) is 5.80. The zero-order chi connectivity index (χ0) is 10.2. The largest absolute Gasteiger partial charge is 0.373 e. The van der Waals surface area contributed by atoms with Gasteiger partial charge in [0.25, 0.3) is 0 Å². The van der Waals surface area contributed by atoms with Gasteiger partial charge in [-0.1, -0.05) is 13.8 Å². The van der Waals surface area contributed by atoms with Gasteiger partial charge in [-0.15, -0.1) is 0 Å². The summed E-state index contributed by atoms with van der Waals surface area (Å²) in [5.74, 6) is 0. The quantitative estimate of drug-likeness (QED) is 0.738. The van der Waals surface area contributed by atoms with Crippen LogP contribution >= 0.6 is 0 Å². The average molecular weight is 197 g/mol. The molecule has 2 fully saturated rings. The Bertz CT molecular complexity index is 198. The Morgan fingerprint density at radius 3 is 2.50 bits per heavy atom. The van der Waals surface area contributed by atoms with E-state index in [1.807, 2.05) is 0 Å². The van der Waals surface area contributed by atoms with E-state index in [0.717, 1.165) is 12.8 Å². The lowest BCUT2D eigenvalue weighted by Crippen LogP contribution is -2.47. The van der Waals surface area contributed by atoms with Crippen LogP contribution in [0.2, 0.25) is 0 Å². The molecular formula is C12H23NO. The maximum absolute atomic E-state index is 6.10. The van der Waals surface area contributed by atoms with Gasteiger partial charge in [-0.25, -0.2) is 0 Å². The third-order valence-electron chi connectivity index (χ3n) is 3.81. The van der Waals surface area contributed by atoms with Crippen LogP contribution in [0.3, 0.4) is 0 Å². The summed E-state index contributed by atoms with van der Waals surface area (Å²) in [7, 11) is 0. The molecule has 2 rings (SSSR count). The summed E-state index contributed by atoms with van der Waals surface area (Å²) >= 11 is 0. The third kappa shape index (κ3) is 2.29. The van der Waals surface area contributed by atoms with Crippen molar-refractivity contribution in [2.45, 2.75) is 70.6 Å². The Hall–Kier alpha value is -0.0800. The van der Waals surface area contributed by atoms with E-state index in [-0.39, 0.29) is 6.04 Å². The Morgan fingerprint density at radius 1 is 1.21 bits per heavy atom. The molecule has 0 aliphatic heterocycles. The maximum Gasteiger partial charge on any atom is 0.0734 e. The summed E-state index contributed by atoms with van der Waals surface area (Å²) in [4.78, 5) is 0. The van der Waals surface area contributed by atoms with E-state index < -0.39 is 0 Å². The number of nitrogens with two attached hydrogens (primary N) is 1. The van der Waals surface area contributed by atoms with Gasteiger partial charge in [0, 0.05) is 6.04 Å². The molecule has 0 radical (unpaired) electrons. The molecule has 0 aromatic rings. The van der Waals surface area contributed by atoms with Gasteiger partial charge >= 0.3 is 0 Å². The van der Waals surface area contributed by atoms with Crippen molar-refractivity contribution in [3.8, 4) is 0 Å². The highest BCUT2D eigenvalue weighted by Gasteiger charge is 2.35. The fourth-order valence-electron chi connectivity index (χ4n) is 2.44. The summed E-state index contributed by atoms with van der Waals surface area (Å²) < 4.78 is 6.05. The fraction of sp³-hybridized carbons (Fsp3) is 1.00. The molecule has 2 nitrogen and oxygen atoms in total. The summed E-state index contributed by atoms with van der Waals surface area (Å²) in [5, 5.41) is 0. The van der Waals surface area contributed by atoms with Crippen LogP contribution < -0.4 is 5.73 Å². The van der Waals surface area contributed by atoms with Gasteiger partial charge in [-0.3, -0.25) is 0 Å². The minimum atomic E-state index is 0.281. The van der Waals surface area contributed by atoms with E-state index in [4.69, 9.17) is 10.5 Å². The van der Waals surface area contributed by atoms with Crippen LogP contribution in [0.5, 0.6) is 0 Å². The Balaban J connectivity index is 1.87. The van der Waals surface area contributed by atoms with Crippen molar-refractivity contribution in [3.63, 3.8) is 0 Å². The highest BCUT2D eigenvalue weighted by atomic mass is 16.5. The first-order valence-electron chi connectivity index (χ1n) is 5.98. The second kappa shape index (κ2) is 3.82. The highest BCUT2D eigenvalue weighted by molar-refractivity contribution is 4.89. The first kappa shape index (κ1) is 10.4. The van der Waals surface area contributed by atoms with Gasteiger partial charge < -0.3 is 10.5 Å². The van der Waals surface area contributed by atoms with Crippen LogP contribution in [-0.4, -0.2) is 18.2 Å². The molecule has 2 aliphatic carbocycles. The highest BCUT2D eigenvalue weighted by Crippen LogP contribution is 2.37. The Morgan fingerprint density at radius 2 is 1.93 bits per heavy atom. The molecule has 0 aromatic carbocycles. The molecule has 2 N–H and O–H groups in total. The topological polar surface area (TPSA) is 35.2 Å². The molecule has 14 heavy (non-hydrogen) atoms. The molecule has 0 saturated heterocycles. The van der Waals surface area contributed by atoms with Gasteiger partial charge in [0.2, 0.25) is 0 Å². The van der Waals surface area contributed by atoms with Crippen LogP contribution in [-0.2, 0) is 4.74 Å². The molecule has 0 spiro atoms. The number of hydrogen-bond donors (Lipinski definition) is 1. The molecule has 0 heterocycles. The van der Waals surface area contributed by atoms with Crippen molar-refractivity contribution in [2.24, 2.45) is 11.1 Å². The van der Waals surface area contributed by atoms with Crippen molar-refractivity contribution >= 4 is 0 Å². The minimum Gasteiger partial charge on any atom is -0.373 e. The zero-order valence-electron chi connectivity index (χ0n) is 9.46. The molecule has 2 saturated carbocycles. The molecule has 82 valence electrons. The third-order valence-corrected chi connectivity index (χ3v) is 3.81. The molecule has 2 aliphatic rings. The van der Waals surface area contributed by atoms with Crippen LogP contribution in [0.25, 0.3) is 0 Å². The summed E-state index contributed by atoms with van der Waals surface area (Å²) in [6.07, 6.45) is 8.22. The second-order valence-corrected chi connectivity index (χ2v) is 5.80. The van der Waals surface area contributed by atoms with Gasteiger partial charge in [0.1, 0.15) is 0 Å². The van der Waals surface area contributed by atoms with Crippen molar-refractivity contribution in [1.82, 2.24) is 0 Å². The minimum absolute atomic E-state index is 0.281.